The van der Waals surface area contributed by atoms with E-state index in [-0.39, 0.29) is 12.4 Å². The van der Waals surface area contributed by atoms with E-state index in [4.69, 9.17) is 0 Å². The van der Waals surface area contributed by atoms with E-state index in [1.807, 2.05) is 45.2 Å². The molecule has 6 nitrogen and oxygen atoms in total. The Morgan fingerprint density at radius 2 is 1.77 bits per heavy atom. The maximum Gasteiger partial charge on any atom is 0.165 e. The highest BCUT2D eigenvalue weighted by Crippen LogP contribution is 2.42. The van der Waals surface area contributed by atoms with Gasteiger partial charge in [-0.1, -0.05) is 26.8 Å². The average Bonchev–Trinajstić information content (AvgIpc) is 3.09. The van der Waals surface area contributed by atoms with E-state index in [0.717, 1.165) is 56.1 Å². The number of hydrogen-bond acceptors (Lipinski definition) is 6. The molecule has 1 aromatic carbocycles. The first-order chi connectivity index (χ1) is 16.8. The molecule has 35 heavy (non-hydrogen) atoms. The van der Waals surface area contributed by atoms with Crippen molar-refractivity contribution in [2.24, 2.45) is 9.98 Å². The van der Waals surface area contributed by atoms with E-state index >= 15 is 4.39 Å². The third kappa shape index (κ3) is 4.52. The second-order valence-corrected chi connectivity index (χ2v) is 10.0. The van der Waals surface area contributed by atoms with Crippen LogP contribution in [0.4, 0.5) is 20.3 Å². The predicted octanol–water partition coefficient (Wildman–Crippen LogP) is 4.82. The van der Waals surface area contributed by atoms with Crippen molar-refractivity contribution in [3.8, 4) is 0 Å². The number of halogens is 2. The number of aliphatic imine (C=N–C) groups is 2. The third-order valence-electron chi connectivity index (χ3n) is 7.49. The molecule has 8 heteroatoms. The molecular weight excluding hydrogens is 446 g/mol. The van der Waals surface area contributed by atoms with Crippen LogP contribution < -0.4 is 4.90 Å². The topological polar surface area (TPSA) is 47.3 Å². The van der Waals surface area contributed by atoms with Crippen LogP contribution in [0.3, 0.4) is 0 Å². The first-order valence-electron chi connectivity index (χ1n) is 12.2. The molecule has 0 N–H and O–H groups in total. The van der Waals surface area contributed by atoms with Gasteiger partial charge >= 0.3 is 0 Å². The molecule has 2 aromatic rings. The summed E-state index contributed by atoms with van der Waals surface area (Å²) in [5.74, 6) is -0.328. The summed E-state index contributed by atoms with van der Waals surface area (Å²) in [4.78, 5) is 19.9. The van der Waals surface area contributed by atoms with Gasteiger partial charge in [-0.2, -0.15) is 0 Å². The molecule has 0 atom stereocenters. The van der Waals surface area contributed by atoms with Crippen molar-refractivity contribution in [1.29, 1.82) is 0 Å². The molecule has 1 saturated heterocycles. The fourth-order valence-electron chi connectivity index (χ4n) is 4.86. The Morgan fingerprint density at radius 1 is 1.03 bits per heavy atom. The minimum Gasteiger partial charge on any atom is -0.310 e. The number of hydrogen-bond donors (Lipinski definition) is 0. The Balaban J connectivity index is 1.28. The first kappa shape index (κ1) is 23.8. The van der Waals surface area contributed by atoms with Gasteiger partial charge in [-0.25, -0.2) is 13.8 Å². The number of benzene rings is 1. The number of pyridine rings is 1. The minimum absolute atomic E-state index is 0.158. The second-order valence-electron chi connectivity index (χ2n) is 10.0. The van der Waals surface area contributed by atoms with Gasteiger partial charge in [0.05, 0.1) is 0 Å². The molecule has 1 aromatic heterocycles. The number of aromatic nitrogens is 1. The Hall–Kier alpha value is -2.97. The van der Waals surface area contributed by atoms with Crippen molar-refractivity contribution >= 4 is 22.9 Å². The molecule has 1 fully saturated rings. The Labute approximate surface area is 205 Å². The van der Waals surface area contributed by atoms with Gasteiger partial charge in [0.2, 0.25) is 0 Å². The summed E-state index contributed by atoms with van der Waals surface area (Å²) in [6, 6.07) is 7.08. The van der Waals surface area contributed by atoms with Crippen LogP contribution in [0.15, 0.2) is 52.5 Å². The molecule has 0 spiro atoms. The molecule has 0 saturated carbocycles. The lowest BCUT2D eigenvalue weighted by Gasteiger charge is -2.34. The number of nitrogens with zero attached hydrogens (tertiary/aromatic N) is 6. The number of piperazine rings is 1. The van der Waals surface area contributed by atoms with Crippen LogP contribution in [0.2, 0.25) is 0 Å². The minimum atomic E-state index is -0.510. The smallest absolute Gasteiger partial charge is 0.165 e. The maximum atomic E-state index is 15.2. The van der Waals surface area contributed by atoms with Crippen molar-refractivity contribution in [3.05, 3.63) is 65.0 Å². The SMILES string of the molecule is CCN1CCN(Cc2ccc(N3C=C(F)C(c4cc(F)c5c(c4)C(C)(C)C(C)=N5)=NC3)nc2)CC1. The zero-order valence-electron chi connectivity index (χ0n) is 20.9. The summed E-state index contributed by atoms with van der Waals surface area (Å²) in [5.41, 5.74) is 3.27. The normalized spacial score (nSPS) is 20.4. The summed E-state index contributed by atoms with van der Waals surface area (Å²) in [7, 11) is 0. The van der Waals surface area contributed by atoms with Crippen molar-refractivity contribution in [2.45, 2.75) is 39.7 Å². The first-order valence-corrected chi connectivity index (χ1v) is 12.2. The molecule has 5 rings (SSSR count). The number of fused-ring (bicyclic) bond motifs is 1. The molecule has 0 unspecified atom stereocenters. The lowest BCUT2D eigenvalue weighted by Crippen LogP contribution is -2.45. The summed E-state index contributed by atoms with van der Waals surface area (Å²) < 4.78 is 30.0. The van der Waals surface area contributed by atoms with Crippen LogP contribution in [0.5, 0.6) is 0 Å². The van der Waals surface area contributed by atoms with Gasteiger partial charge < -0.3 is 9.80 Å². The van der Waals surface area contributed by atoms with Gasteiger partial charge in [0.25, 0.3) is 0 Å². The maximum absolute atomic E-state index is 15.2. The number of likely N-dealkylation sites (N-methyl/N-ethyl adjacent to an activating group) is 1. The third-order valence-corrected chi connectivity index (χ3v) is 7.49. The fourth-order valence-corrected chi connectivity index (χ4v) is 4.86. The highest BCUT2D eigenvalue weighted by atomic mass is 19.1. The summed E-state index contributed by atoms with van der Waals surface area (Å²) in [6.07, 6.45) is 3.25. The molecule has 0 bridgehead atoms. The largest absolute Gasteiger partial charge is 0.310 e. The monoisotopic (exact) mass is 478 g/mol. The van der Waals surface area contributed by atoms with Gasteiger partial charge in [0.15, 0.2) is 5.83 Å². The molecule has 3 aliphatic heterocycles. The zero-order valence-corrected chi connectivity index (χ0v) is 20.9. The Kier molecular flexibility index (Phi) is 6.27. The van der Waals surface area contributed by atoms with Crippen LogP contribution in [0.1, 0.15) is 44.4 Å². The fraction of sp³-hybridized carbons (Fsp3) is 0.444. The molecule has 0 aliphatic carbocycles. The van der Waals surface area contributed by atoms with E-state index in [1.165, 1.54) is 12.3 Å². The van der Waals surface area contributed by atoms with E-state index in [0.29, 0.717) is 17.1 Å². The zero-order chi connectivity index (χ0) is 24.7. The van der Waals surface area contributed by atoms with Crippen molar-refractivity contribution in [2.75, 3.05) is 44.3 Å². The van der Waals surface area contributed by atoms with Gasteiger partial charge in [-0.15, -0.1) is 0 Å². The quantitative estimate of drug-likeness (QED) is 0.618. The van der Waals surface area contributed by atoms with Crippen LogP contribution in [-0.4, -0.2) is 65.6 Å². The van der Waals surface area contributed by atoms with Crippen LogP contribution in [0, 0.1) is 5.82 Å². The lowest BCUT2D eigenvalue weighted by molar-refractivity contribution is 0.132. The molecule has 4 heterocycles. The molecule has 184 valence electrons. The Bertz CT molecular complexity index is 1210. The highest BCUT2D eigenvalue weighted by Gasteiger charge is 2.35. The standard InChI is InChI=1S/C27H32F2N6/c1-5-33-8-10-34(11-9-33)15-19-6-7-24(30-14-19)35-16-23(29)25(31-17-35)20-12-21-26(22(28)13-20)32-18(2)27(21,3)4/h6-7,12-14,16H,5,8-11,15,17H2,1-4H3. The van der Waals surface area contributed by atoms with Crippen molar-refractivity contribution in [1.82, 2.24) is 14.8 Å². The van der Waals surface area contributed by atoms with E-state index < -0.39 is 17.1 Å². The lowest BCUT2D eigenvalue weighted by atomic mass is 9.81. The van der Waals surface area contributed by atoms with Gasteiger partial charge in [0.1, 0.15) is 29.7 Å². The van der Waals surface area contributed by atoms with Crippen LogP contribution >= 0.6 is 0 Å². The number of allylic oxidation sites excluding steroid dienone is 1. The van der Waals surface area contributed by atoms with Gasteiger partial charge in [0, 0.05) is 61.8 Å². The summed E-state index contributed by atoms with van der Waals surface area (Å²) in [5, 5.41) is 0. The predicted molar refractivity (Wildman–Crippen MR) is 137 cm³/mol. The van der Waals surface area contributed by atoms with E-state index in [9.17, 15) is 4.39 Å². The van der Waals surface area contributed by atoms with E-state index in [2.05, 4.69) is 31.7 Å². The summed E-state index contributed by atoms with van der Waals surface area (Å²) in [6.45, 7) is 14.6. The molecule has 0 amide bonds. The van der Waals surface area contributed by atoms with Crippen molar-refractivity contribution < 1.29 is 8.78 Å². The molecular formula is C27H32F2N6. The van der Waals surface area contributed by atoms with Gasteiger partial charge in [-0.05, 0) is 42.8 Å². The Morgan fingerprint density at radius 3 is 2.43 bits per heavy atom. The summed E-state index contributed by atoms with van der Waals surface area (Å²) >= 11 is 0. The molecule has 3 aliphatic rings. The highest BCUT2D eigenvalue weighted by molar-refractivity contribution is 6.13. The second kappa shape index (κ2) is 9.24. The van der Waals surface area contributed by atoms with Crippen LogP contribution in [-0.2, 0) is 12.0 Å². The average molecular weight is 479 g/mol. The number of rotatable bonds is 5. The van der Waals surface area contributed by atoms with Crippen molar-refractivity contribution in [3.63, 3.8) is 0 Å². The molecule has 0 radical (unpaired) electrons. The van der Waals surface area contributed by atoms with E-state index in [1.54, 1.807) is 4.90 Å². The van der Waals surface area contributed by atoms with Crippen LogP contribution in [0.25, 0.3) is 0 Å². The number of anilines is 1. The van der Waals surface area contributed by atoms with Gasteiger partial charge in [-0.3, -0.25) is 14.9 Å².